The Morgan fingerprint density at radius 1 is 1.22 bits per heavy atom. The molecular weight excluding hydrogens is 232 g/mol. The Balaban J connectivity index is 2.64. The van der Waals surface area contributed by atoms with Crippen molar-refractivity contribution >= 4 is 17.5 Å². The third-order valence-electron chi connectivity index (χ3n) is 2.60. The topological polar surface area (TPSA) is 69.6 Å². The summed E-state index contributed by atoms with van der Waals surface area (Å²) in [7, 11) is 0. The van der Waals surface area contributed by atoms with Crippen LogP contribution in [0.5, 0.6) is 0 Å². The minimum atomic E-state index is -1.66. The van der Waals surface area contributed by atoms with Gasteiger partial charge in [-0.05, 0) is 26.0 Å². The van der Waals surface area contributed by atoms with E-state index in [-0.39, 0.29) is 0 Å². The Morgan fingerprint density at radius 2 is 1.78 bits per heavy atom. The Kier molecular flexibility index (Phi) is 5.32. The fourth-order valence-corrected chi connectivity index (χ4v) is 1.55. The molecule has 0 aliphatic carbocycles. The van der Waals surface area contributed by atoms with Crippen LogP contribution in [-0.4, -0.2) is 41.0 Å². The highest BCUT2D eigenvalue weighted by atomic mass is 16.3. The van der Waals surface area contributed by atoms with E-state index in [1.807, 2.05) is 6.07 Å². The second-order valence-electron chi connectivity index (χ2n) is 3.77. The van der Waals surface area contributed by atoms with Gasteiger partial charge in [-0.3, -0.25) is 9.59 Å². The number of aliphatic hydroxyl groups excluding tert-OH is 1. The number of carbonyl (C=O) groups excluding carboxylic acids is 2. The van der Waals surface area contributed by atoms with Crippen molar-refractivity contribution in [3.63, 3.8) is 0 Å². The maximum atomic E-state index is 11.8. The highest BCUT2D eigenvalue weighted by Crippen LogP contribution is 2.06. The molecule has 18 heavy (non-hydrogen) atoms. The lowest BCUT2D eigenvalue weighted by Crippen LogP contribution is -2.45. The van der Waals surface area contributed by atoms with E-state index in [2.05, 4.69) is 5.32 Å². The fourth-order valence-electron chi connectivity index (χ4n) is 1.55. The van der Waals surface area contributed by atoms with Crippen LogP contribution in [0.3, 0.4) is 0 Å². The minimum absolute atomic E-state index is 0.463. The van der Waals surface area contributed by atoms with Gasteiger partial charge in [0, 0.05) is 18.8 Å². The van der Waals surface area contributed by atoms with Crippen LogP contribution < -0.4 is 5.32 Å². The van der Waals surface area contributed by atoms with Crippen LogP contribution in [0.1, 0.15) is 13.8 Å². The molecule has 5 heteroatoms. The van der Waals surface area contributed by atoms with Crippen molar-refractivity contribution < 1.29 is 14.7 Å². The van der Waals surface area contributed by atoms with Gasteiger partial charge in [0.25, 0.3) is 11.8 Å². The molecule has 1 aromatic rings. The van der Waals surface area contributed by atoms with Crippen LogP contribution in [0.15, 0.2) is 30.3 Å². The molecular formula is C13H18N2O3. The molecule has 1 rings (SSSR count). The number of aliphatic hydroxyl groups is 1. The number of hydrogen-bond acceptors (Lipinski definition) is 3. The van der Waals surface area contributed by atoms with Crippen LogP contribution >= 0.6 is 0 Å². The lowest BCUT2D eigenvalue weighted by atomic mass is 10.2. The molecule has 0 fully saturated rings. The first-order chi connectivity index (χ1) is 8.60. The molecule has 0 aliphatic heterocycles. The average molecular weight is 250 g/mol. The summed E-state index contributed by atoms with van der Waals surface area (Å²) in [4.78, 5) is 24.8. The van der Waals surface area contributed by atoms with Gasteiger partial charge in [-0.1, -0.05) is 18.2 Å². The van der Waals surface area contributed by atoms with Gasteiger partial charge >= 0.3 is 0 Å². The second-order valence-corrected chi connectivity index (χ2v) is 3.77. The number of nitrogens with one attached hydrogen (secondary N) is 1. The van der Waals surface area contributed by atoms with Gasteiger partial charge < -0.3 is 15.3 Å². The molecule has 1 aromatic carbocycles. The van der Waals surface area contributed by atoms with E-state index in [0.29, 0.717) is 18.8 Å². The quantitative estimate of drug-likeness (QED) is 0.761. The molecule has 0 radical (unpaired) electrons. The van der Waals surface area contributed by atoms with E-state index in [1.54, 1.807) is 38.1 Å². The van der Waals surface area contributed by atoms with Gasteiger partial charge in [-0.15, -0.1) is 0 Å². The number of amides is 2. The number of anilines is 1. The van der Waals surface area contributed by atoms with Crippen molar-refractivity contribution in [3.8, 4) is 0 Å². The van der Waals surface area contributed by atoms with Gasteiger partial charge in [-0.25, -0.2) is 0 Å². The Bertz CT molecular complexity index is 402. The number of hydrogen-bond donors (Lipinski definition) is 2. The molecule has 0 saturated carbocycles. The molecule has 2 amide bonds. The Hall–Kier alpha value is -1.88. The van der Waals surface area contributed by atoms with E-state index in [1.165, 1.54) is 4.90 Å². The molecule has 0 heterocycles. The highest BCUT2D eigenvalue weighted by Gasteiger charge is 2.27. The van der Waals surface area contributed by atoms with Crippen LogP contribution in [0.25, 0.3) is 0 Å². The van der Waals surface area contributed by atoms with Crippen LogP contribution in [0.2, 0.25) is 0 Å². The van der Waals surface area contributed by atoms with E-state index < -0.39 is 17.9 Å². The molecule has 1 unspecified atom stereocenters. The monoisotopic (exact) mass is 250 g/mol. The summed E-state index contributed by atoms with van der Waals surface area (Å²) < 4.78 is 0. The summed E-state index contributed by atoms with van der Waals surface area (Å²) in [6.07, 6.45) is -1.66. The molecule has 2 N–H and O–H groups in total. The van der Waals surface area contributed by atoms with Crippen LogP contribution in [0.4, 0.5) is 5.69 Å². The second kappa shape index (κ2) is 6.76. The van der Waals surface area contributed by atoms with Crippen molar-refractivity contribution in [2.24, 2.45) is 0 Å². The Morgan fingerprint density at radius 3 is 2.28 bits per heavy atom. The lowest BCUT2D eigenvalue weighted by molar-refractivity contribution is -0.145. The summed E-state index contributed by atoms with van der Waals surface area (Å²) in [5.74, 6) is -1.29. The van der Waals surface area contributed by atoms with Crippen molar-refractivity contribution in [1.29, 1.82) is 0 Å². The average Bonchev–Trinajstić information content (AvgIpc) is 2.40. The lowest BCUT2D eigenvalue weighted by Gasteiger charge is -2.21. The first-order valence-corrected chi connectivity index (χ1v) is 5.92. The van der Waals surface area contributed by atoms with Gasteiger partial charge in [0.1, 0.15) is 0 Å². The largest absolute Gasteiger partial charge is 0.375 e. The summed E-state index contributed by atoms with van der Waals surface area (Å²) >= 11 is 0. The number of para-hydroxylation sites is 1. The molecule has 0 aliphatic rings. The van der Waals surface area contributed by atoms with Crippen molar-refractivity contribution in [2.45, 2.75) is 20.0 Å². The third-order valence-corrected chi connectivity index (χ3v) is 2.60. The predicted octanol–water partition coefficient (Wildman–Crippen LogP) is 0.854. The van der Waals surface area contributed by atoms with E-state index >= 15 is 0 Å². The number of rotatable bonds is 5. The zero-order chi connectivity index (χ0) is 13.5. The van der Waals surface area contributed by atoms with Crippen LogP contribution in [0, 0.1) is 0 Å². The maximum Gasteiger partial charge on any atom is 0.263 e. The van der Waals surface area contributed by atoms with Crippen molar-refractivity contribution in [1.82, 2.24) is 4.90 Å². The first-order valence-electron chi connectivity index (χ1n) is 5.92. The fraction of sp³-hybridized carbons (Fsp3) is 0.385. The molecule has 98 valence electrons. The zero-order valence-corrected chi connectivity index (χ0v) is 10.6. The number of carbonyl (C=O) groups is 2. The normalized spacial score (nSPS) is 11.7. The Labute approximate surface area is 106 Å². The van der Waals surface area contributed by atoms with Crippen LogP contribution in [-0.2, 0) is 9.59 Å². The molecule has 0 spiro atoms. The third kappa shape index (κ3) is 3.56. The van der Waals surface area contributed by atoms with Gasteiger partial charge in [0.15, 0.2) is 0 Å². The number of nitrogens with zero attached hydrogens (tertiary/aromatic N) is 1. The maximum absolute atomic E-state index is 11.8. The predicted molar refractivity (Wildman–Crippen MR) is 69.0 cm³/mol. The van der Waals surface area contributed by atoms with E-state index in [4.69, 9.17) is 0 Å². The van der Waals surface area contributed by atoms with Gasteiger partial charge in [-0.2, -0.15) is 0 Å². The van der Waals surface area contributed by atoms with E-state index in [9.17, 15) is 14.7 Å². The highest BCUT2D eigenvalue weighted by molar-refractivity contribution is 6.08. The summed E-state index contributed by atoms with van der Waals surface area (Å²) in [5, 5.41) is 12.2. The summed E-state index contributed by atoms with van der Waals surface area (Å²) in [5.41, 5.74) is 0.550. The van der Waals surface area contributed by atoms with Crippen molar-refractivity contribution in [3.05, 3.63) is 30.3 Å². The first kappa shape index (κ1) is 14.2. The van der Waals surface area contributed by atoms with Gasteiger partial charge in [0.2, 0.25) is 6.10 Å². The minimum Gasteiger partial charge on any atom is -0.375 e. The number of benzene rings is 1. The van der Waals surface area contributed by atoms with Crippen molar-refractivity contribution in [2.75, 3.05) is 18.4 Å². The molecule has 0 saturated heterocycles. The smallest absolute Gasteiger partial charge is 0.263 e. The summed E-state index contributed by atoms with van der Waals surface area (Å²) in [6, 6.07) is 8.70. The molecule has 0 aromatic heterocycles. The standard InChI is InChI=1S/C13H18N2O3/c1-3-15(4-2)13(18)11(16)12(17)14-10-8-6-5-7-9-10/h5-9,11,16H,3-4H2,1-2H3,(H,14,17). The SMILES string of the molecule is CCN(CC)C(=O)C(O)C(=O)Nc1ccccc1. The zero-order valence-electron chi connectivity index (χ0n) is 10.6. The number of likely N-dealkylation sites (N-methyl/N-ethyl adjacent to an activating group) is 1. The molecule has 1 atom stereocenters. The molecule has 5 nitrogen and oxygen atoms in total. The summed E-state index contributed by atoms with van der Waals surface area (Å²) in [6.45, 7) is 4.52. The van der Waals surface area contributed by atoms with E-state index in [0.717, 1.165) is 0 Å². The molecule has 0 bridgehead atoms. The van der Waals surface area contributed by atoms with Gasteiger partial charge in [0.05, 0.1) is 0 Å².